The average molecular weight is 426 g/mol. The lowest BCUT2D eigenvalue weighted by Crippen LogP contribution is -2.47. The van der Waals surface area contributed by atoms with E-state index in [1.54, 1.807) is 12.1 Å². The van der Waals surface area contributed by atoms with Crippen molar-refractivity contribution in [1.29, 1.82) is 0 Å². The Kier molecular flexibility index (Phi) is 6.34. The van der Waals surface area contributed by atoms with E-state index in [0.717, 1.165) is 5.56 Å². The van der Waals surface area contributed by atoms with Crippen LogP contribution < -0.4 is 5.32 Å². The molecule has 2 aromatic rings. The maximum atomic E-state index is 13.0. The highest BCUT2D eigenvalue weighted by Crippen LogP contribution is 2.26. The van der Waals surface area contributed by atoms with Gasteiger partial charge < -0.3 is 10.2 Å². The van der Waals surface area contributed by atoms with E-state index in [1.165, 1.54) is 34.6 Å². The second-order valence-electron chi connectivity index (χ2n) is 6.66. The molecule has 1 aliphatic rings. The van der Waals surface area contributed by atoms with Gasteiger partial charge in [0, 0.05) is 38.3 Å². The van der Waals surface area contributed by atoms with E-state index in [-0.39, 0.29) is 27.8 Å². The number of hydrogen-bond donors (Lipinski definition) is 1. The molecule has 1 heterocycles. The van der Waals surface area contributed by atoms with Gasteiger partial charge in [-0.3, -0.25) is 4.79 Å². The first-order valence-electron chi connectivity index (χ1n) is 8.78. The zero-order chi connectivity index (χ0) is 20.3. The molecule has 1 aliphatic heterocycles. The minimum Gasteiger partial charge on any atom is -0.348 e. The van der Waals surface area contributed by atoms with Gasteiger partial charge in [0.2, 0.25) is 10.0 Å². The Morgan fingerprint density at radius 1 is 1.11 bits per heavy atom. The first-order chi connectivity index (χ1) is 13.3. The smallest absolute Gasteiger partial charge is 0.251 e. The molecule has 2 aromatic carbocycles. The number of nitrogens with zero attached hydrogens (tertiary/aromatic N) is 2. The molecule has 1 N–H and O–H groups in total. The number of nitrogens with one attached hydrogen (secondary N) is 1. The molecule has 1 saturated heterocycles. The molecule has 0 saturated carbocycles. The van der Waals surface area contributed by atoms with Crippen molar-refractivity contribution in [3.8, 4) is 0 Å². The predicted molar refractivity (Wildman–Crippen MR) is 105 cm³/mol. The van der Waals surface area contributed by atoms with Crippen molar-refractivity contribution < 1.29 is 17.6 Å². The first kappa shape index (κ1) is 20.7. The Bertz CT molecular complexity index is 959. The summed E-state index contributed by atoms with van der Waals surface area (Å²) in [6.45, 7) is 2.21. The zero-order valence-electron chi connectivity index (χ0n) is 15.4. The van der Waals surface area contributed by atoms with E-state index < -0.39 is 15.9 Å². The van der Waals surface area contributed by atoms with Crippen LogP contribution in [0.2, 0.25) is 5.02 Å². The molecule has 9 heteroatoms. The van der Waals surface area contributed by atoms with Gasteiger partial charge in [0.05, 0.1) is 5.02 Å². The van der Waals surface area contributed by atoms with Crippen LogP contribution in [0.4, 0.5) is 4.39 Å². The van der Waals surface area contributed by atoms with E-state index in [9.17, 15) is 17.6 Å². The van der Waals surface area contributed by atoms with Gasteiger partial charge in [0.15, 0.2) is 0 Å². The van der Waals surface area contributed by atoms with Crippen LogP contribution in [0.5, 0.6) is 0 Å². The van der Waals surface area contributed by atoms with Crippen molar-refractivity contribution in [2.24, 2.45) is 0 Å². The maximum absolute atomic E-state index is 13.0. The third-order valence-electron chi connectivity index (χ3n) is 4.64. The van der Waals surface area contributed by atoms with Crippen molar-refractivity contribution >= 4 is 27.5 Å². The molecule has 150 valence electrons. The summed E-state index contributed by atoms with van der Waals surface area (Å²) in [5.74, 6) is -0.789. The molecule has 0 spiro atoms. The normalized spacial score (nSPS) is 16.1. The largest absolute Gasteiger partial charge is 0.348 e. The number of hydrogen-bond acceptors (Lipinski definition) is 4. The SMILES string of the molecule is CN1CCN(S(=O)(=O)c2cc(C(=O)NCc3ccc(F)cc3)ccc2Cl)CC1. The van der Waals surface area contributed by atoms with Gasteiger partial charge in [-0.2, -0.15) is 4.31 Å². The van der Waals surface area contributed by atoms with Gasteiger partial charge in [-0.15, -0.1) is 0 Å². The van der Waals surface area contributed by atoms with Crippen molar-refractivity contribution in [3.05, 3.63) is 64.4 Å². The molecule has 0 unspecified atom stereocenters. The van der Waals surface area contributed by atoms with Crippen LogP contribution in [-0.4, -0.2) is 56.8 Å². The quantitative estimate of drug-likeness (QED) is 0.798. The van der Waals surface area contributed by atoms with Gasteiger partial charge in [0.25, 0.3) is 5.91 Å². The van der Waals surface area contributed by atoms with Gasteiger partial charge in [0.1, 0.15) is 10.7 Å². The number of piperazine rings is 1. The summed E-state index contributed by atoms with van der Waals surface area (Å²) in [5.41, 5.74) is 0.924. The number of sulfonamides is 1. The zero-order valence-corrected chi connectivity index (χ0v) is 16.9. The molecular weight excluding hydrogens is 405 g/mol. The Morgan fingerprint density at radius 3 is 2.39 bits per heavy atom. The number of amides is 1. The van der Waals surface area contributed by atoms with Crippen LogP contribution in [0.3, 0.4) is 0 Å². The number of benzene rings is 2. The number of carbonyl (C=O) groups excluding carboxylic acids is 1. The van der Waals surface area contributed by atoms with E-state index in [0.29, 0.717) is 26.2 Å². The lowest BCUT2D eigenvalue weighted by Gasteiger charge is -2.31. The molecule has 3 rings (SSSR count). The van der Waals surface area contributed by atoms with E-state index >= 15 is 0 Å². The number of likely N-dealkylation sites (N-methyl/N-ethyl adjacent to an activating group) is 1. The average Bonchev–Trinajstić information content (AvgIpc) is 2.68. The van der Waals surface area contributed by atoms with Crippen molar-refractivity contribution in [3.63, 3.8) is 0 Å². The van der Waals surface area contributed by atoms with Crippen LogP contribution in [0, 0.1) is 5.82 Å². The summed E-state index contributed by atoms with van der Waals surface area (Å²) in [5, 5.41) is 2.78. The van der Waals surface area contributed by atoms with Gasteiger partial charge in [-0.1, -0.05) is 23.7 Å². The second kappa shape index (κ2) is 8.57. The molecule has 0 radical (unpaired) electrons. The Labute approximate surface area is 168 Å². The summed E-state index contributed by atoms with van der Waals surface area (Å²) < 4.78 is 40.3. The Balaban J connectivity index is 1.76. The fourth-order valence-electron chi connectivity index (χ4n) is 2.90. The second-order valence-corrected chi connectivity index (χ2v) is 8.98. The summed E-state index contributed by atoms with van der Waals surface area (Å²) in [4.78, 5) is 14.4. The van der Waals surface area contributed by atoms with Gasteiger partial charge in [-0.05, 0) is 42.9 Å². The molecule has 0 bridgehead atoms. The van der Waals surface area contributed by atoms with Crippen LogP contribution >= 0.6 is 11.6 Å². The van der Waals surface area contributed by atoms with Crippen molar-refractivity contribution in [2.75, 3.05) is 33.2 Å². The van der Waals surface area contributed by atoms with Crippen molar-refractivity contribution in [1.82, 2.24) is 14.5 Å². The molecular formula is C19H21ClFN3O3S. The molecule has 6 nitrogen and oxygen atoms in total. The number of halogens is 2. The summed E-state index contributed by atoms with van der Waals surface area (Å²) in [6, 6.07) is 9.95. The molecule has 0 aromatic heterocycles. The minimum absolute atomic E-state index is 0.0758. The highest BCUT2D eigenvalue weighted by molar-refractivity contribution is 7.89. The maximum Gasteiger partial charge on any atom is 0.251 e. The third kappa shape index (κ3) is 4.70. The highest BCUT2D eigenvalue weighted by atomic mass is 35.5. The number of rotatable bonds is 5. The van der Waals surface area contributed by atoms with E-state index in [4.69, 9.17) is 11.6 Å². The summed E-state index contributed by atoms with van der Waals surface area (Å²) in [6.07, 6.45) is 0. The standard InChI is InChI=1S/C19H21ClFN3O3S/c1-23-8-10-24(11-9-23)28(26,27)18-12-15(4-7-17(18)20)19(25)22-13-14-2-5-16(21)6-3-14/h2-7,12H,8-11,13H2,1H3,(H,22,25). The predicted octanol–water partition coefficient (Wildman–Crippen LogP) is 2.35. The van der Waals surface area contributed by atoms with Crippen LogP contribution in [-0.2, 0) is 16.6 Å². The van der Waals surface area contributed by atoms with Crippen LogP contribution in [0.15, 0.2) is 47.4 Å². The lowest BCUT2D eigenvalue weighted by atomic mass is 10.2. The van der Waals surface area contributed by atoms with Gasteiger partial charge >= 0.3 is 0 Å². The lowest BCUT2D eigenvalue weighted by molar-refractivity contribution is 0.0950. The van der Waals surface area contributed by atoms with E-state index in [1.807, 2.05) is 11.9 Å². The van der Waals surface area contributed by atoms with Crippen molar-refractivity contribution in [2.45, 2.75) is 11.4 Å². The number of carbonyl (C=O) groups is 1. The monoisotopic (exact) mass is 425 g/mol. The fourth-order valence-corrected chi connectivity index (χ4v) is 4.82. The summed E-state index contributed by atoms with van der Waals surface area (Å²) >= 11 is 6.14. The Morgan fingerprint density at radius 2 is 1.75 bits per heavy atom. The molecule has 28 heavy (non-hydrogen) atoms. The summed E-state index contributed by atoms with van der Waals surface area (Å²) in [7, 11) is -1.86. The van der Waals surface area contributed by atoms with E-state index in [2.05, 4.69) is 5.32 Å². The molecule has 0 aliphatic carbocycles. The van der Waals surface area contributed by atoms with Crippen LogP contribution in [0.25, 0.3) is 0 Å². The molecule has 1 fully saturated rings. The van der Waals surface area contributed by atoms with Gasteiger partial charge in [-0.25, -0.2) is 12.8 Å². The molecule has 0 atom stereocenters. The Hall–Kier alpha value is -2.00. The highest BCUT2D eigenvalue weighted by Gasteiger charge is 2.29. The minimum atomic E-state index is -3.79. The topological polar surface area (TPSA) is 69.7 Å². The fraction of sp³-hybridized carbons (Fsp3) is 0.316. The first-order valence-corrected chi connectivity index (χ1v) is 10.6. The molecule has 1 amide bonds. The third-order valence-corrected chi connectivity index (χ3v) is 7.02. The van der Waals surface area contributed by atoms with Crippen LogP contribution in [0.1, 0.15) is 15.9 Å².